The van der Waals surface area contributed by atoms with Gasteiger partial charge in [-0.05, 0) is 24.3 Å². The van der Waals surface area contributed by atoms with Gasteiger partial charge < -0.3 is 16.2 Å². The summed E-state index contributed by atoms with van der Waals surface area (Å²) in [6.07, 6.45) is 0. The van der Waals surface area contributed by atoms with E-state index in [4.69, 9.17) is 16.2 Å². The molecule has 0 aliphatic carbocycles. The topological polar surface area (TPSA) is 134 Å². The minimum atomic E-state index is -0.815. The van der Waals surface area contributed by atoms with Gasteiger partial charge in [-0.15, -0.1) is 0 Å². The maximum absolute atomic E-state index is 13.3. The number of benzene rings is 3. The smallest absolute Gasteiger partial charge is 0.279 e. The number of aliphatic imine (C=N–C) groups is 1. The van der Waals surface area contributed by atoms with E-state index in [0.29, 0.717) is 6.07 Å². The van der Waals surface area contributed by atoms with Crippen LogP contribution in [0, 0.1) is 21.7 Å². The van der Waals surface area contributed by atoms with Crippen molar-refractivity contribution >= 4 is 23.1 Å². The summed E-state index contributed by atoms with van der Waals surface area (Å²) in [6.45, 7) is 0. The maximum Gasteiger partial charge on any atom is 0.279 e. The Balaban J connectivity index is 1.89. The van der Waals surface area contributed by atoms with Gasteiger partial charge in [0.25, 0.3) is 11.6 Å². The van der Waals surface area contributed by atoms with Gasteiger partial charge in [-0.25, -0.2) is 8.78 Å². The van der Waals surface area contributed by atoms with Crippen molar-refractivity contribution < 1.29 is 23.2 Å². The summed E-state index contributed by atoms with van der Waals surface area (Å²) < 4.78 is 32.1. The van der Waals surface area contributed by atoms with E-state index in [1.165, 1.54) is 36.4 Å². The van der Waals surface area contributed by atoms with E-state index in [1.807, 2.05) is 0 Å². The van der Waals surface area contributed by atoms with Crippen molar-refractivity contribution in [2.24, 2.45) is 10.7 Å². The number of amides is 1. The number of nitrogens with two attached hydrogens (primary N) is 2. The van der Waals surface area contributed by atoms with Crippen LogP contribution in [0.4, 0.5) is 20.2 Å². The lowest BCUT2D eigenvalue weighted by atomic mass is 10.1. The number of carbonyl (C=O) groups is 1. The summed E-state index contributed by atoms with van der Waals surface area (Å²) in [4.78, 5) is 26.3. The number of anilines is 1. The third-order valence-corrected chi connectivity index (χ3v) is 3.90. The van der Waals surface area contributed by atoms with E-state index in [-0.39, 0.29) is 39.8 Å². The van der Waals surface area contributed by atoms with Crippen LogP contribution in [0.3, 0.4) is 0 Å². The molecular formula is C20H14F2N4O4. The van der Waals surface area contributed by atoms with Crippen LogP contribution in [-0.2, 0) is 0 Å². The van der Waals surface area contributed by atoms with Crippen molar-refractivity contribution in [3.05, 3.63) is 93.5 Å². The Labute approximate surface area is 168 Å². The molecule has 30 heavy (non-hydrogen) atoms. The van der Waals surface area contributed by atoms with Crippen molar-refractivity contribution in [1.82, 2.24) is 0 Å². The van der Waals surface area contributed by atoms with E-state index < -0.39 is 22.5 Å². The van der Waals surface area contributed by atoms with Crippen molar-refractivity contribution in [2.75, 3.05) is 5.73 Å². The summed E-state index contributed by atoms with van der Waals surface area (Å²) in [5.74, 6) is -2.65. The second-order valence-electron chi connectivity index (χ2n) is 6.07. The summed E-state index contributed by atoms with van der Waals surface area (Å²) >= 11 is 0. The number of amidine groups is 1. The molecule has 1 amide bonds. The van der Waals surface area contributed by atoms with E-state index in [1.54, 1.807) is 0 Å². The van der Waals surface area contributed by atoms with Gasteiger partial charge in [0.15, 0.2) is 0 Å². The number of hydrogen-bond donors (Lipinski definition) is 2. The molecule has 0 aliphatic heterocycles. The predicted octanol–water partition coefficient (Wildman–Crippen LogP) is 3.79. The molecule has 0 aromatic heterocycles. The average molecular weight is 412 g/mol. The molecule has 0 saturated carbocycles. The van der Waals surface area contributed by atoms with E-state index >= 15 is 0 Å². The molecule has 152 valence electrons. The molecule has 10 heteroatoms. The fourth-order valence-electron chi connectivity index (χ4n) is 2.53. The SMILES string of the molecule is NC(=NC(=O)c1cccc([N+](=O)[O-])c1)c1cc(Oc2cc(F)cc(F)c2)ccc1N. The molecule has 0 heterocycles. The summed E-state index contributed by atoms with van der Waals surface area (Å²) in [7, 11) is 0. The molecule has 0 unspecified atom stereocenters. The summed E-state index contributed by atoms with van der Waals surface area (Å²) in [5.41, 5.74) is 11.8. The molecule has 3 aromatic carbocycles. The normalized spacial score (nSPS) is 11.2. The van der Waals surface area contributed by atoms with Crippen molar-refractivity contribution in [3.63, 3.8) is 0 Å². The average Bonchev–Trinajstić information content (AvgIpc) is 2.68. The third-order valence-electron chi connectivity index (χ3n) is 3.90. The number of nitro groups is 1. The van der Waals surface area contributed by atoms with Crippen LogP contribution >= 0.6 is 0 Å². The lowest BCUT2D eigenvalue weighted by Gasteiger charge is -2.10. The fraction of sp³-hybridized carbons (Fsp3) is 0. The number of carbonyl (C=O) groups excluding carboxylic acids is 1. The zero-order valence-electron chi connectivity index (χ0n) is 15.2. The van der Waals surface area contributed by atoms with Crippen molar-refractivity contribution in [2.45, 2.75) is 0 Å². The molecule has 0 fully saturated rings. The Kier molecular flexibility index (Phi) is 5.68. The first kappa shape index (κ1) is 20.4. The number of rotatable bonds is 5. The quantitative estimate of drug-likeness (QED) is 0.215. The molecule has 4 N–H and O–H groups in total. The van der Waals surface area contributed by atoms with Crippen LogP contribution in [0.25, 0.3) is 0 Å². The second-order valence-corrected chi connectivity index (χ2v) is 6.07. The Bertz CT molecular complexity index is 1160. The van der Waals surface area contributed by atoms with E-state index in [0.717, 1.165) is 18.2 Å². The maximum atomic E-state index is 13.3. The van der Waals surface area contributed by atoms with Crippen LogP contribution in [0.2, 0.25) is 0 Å². The fourth-order valence-corrected chi connectivity index (χ4v) is 2.53. The number of halogens is 2. The van der Waals surface area contributed by atoms with Gasteiger partial charge in [-0.1, -0.05) is 6.07 Å². The van der Waals surface area contributed by atoms with Gasteiger partial charge in [-0.2, -0.15) is 4.99 Å². The van der Waals surface area contributed by atoms with Gasteiger partial charge in [0, 0.05) is 47.1 Å². The number of non-ortho nitro benzene ring substituents is 1. The third kappa shape index (κ3) is 4.73. The molecule has 0 atom stereocenters. The molecule has 0 saturated heterocycles. The Morgan fingerprint density at radius 2 is 1.70 bits per heavy atom. The highest BCUT2D eigenvalue weighted by Crippen LogP contribution is 2.26. The number of nitrogen functional groups attached to an aromatic ring is 1. The first-order chi connectivity index (χ1) is 14.2. The highest BCUT2D eigenvalue weighted by Gasteiger charge is 2.14. The largest absolute Gasteiger partial charge is 0.457 e. The predicted molar refractivity (Wildman–Crippen MR) is 105 cm³/mol. The van der Waals surface area contributed by atoms with Crippen LogP contribution in [-0.4, -0.2) is 16.7 Å². The first-order valence-corrected chi connectivity index (χ1v) is 8.40. The lowest BCUT2D eigenvalue weighted by Crippen LogP contribution is -2.18. The molecule has 3 aromatic rings. The number of ether oxygens (including phenoxy) is 1. The van der Waals surface area contributed by atoms with Gasteiger partial charge in [0.2, 0.25) is 0 Å². The molecule has 8 nitrogen and oxygen atoms in total. The van der Waals surface area contributed by atoms with Gasteiger partial charge >= 0.3 is 0 Å². The Hall–Kier alpha value is -4.34. The van der Waals surface area contributed by atoms with Crippen LogP contribution in [0.5, 0.6) is 11.5 Å². The van der Waals surface area contributed by atoms with Crippen LogP contribution < -0.4 is 16.2 Å². The lowest BCUT2D eigenvalue weighted by molar-refractivity contribution is -0.384. The molecule has 3 rings (SSSR count). The standard InChI is InChI=1S/C20H14F2N4O4/c21-12-7-13(22)9-16(8-12)30-15-4-5-18(23)17(10-15)19(24)25-20(27)11-2-1-3-14(6-11)26(28)29/h1-10H,23H2,(H2,24,25,27). The van der Waals surface area contributed by atoms with E-state index in [9.17, 15) is 23.7 Å². The Morgan fingerprint density at radius 1 is 1.00 bits per heavy atom. The molecule has 0 spiro atoms. The number of nitrogens with zero attached hydrogens (tertiary/aromatic N) is 2. The van der Waals surface area contributed by atoms with Gasteiger partial charge in [0.1, 0.15) is 29.0 Å². The monoisotopic (exact) mass is 412 g/mol. The zero-order valence-corrected chi connectivity index (χ0v) is 15.2. The molecule has 0 radical (unpaired) electrons. The van der Waals surface area contributed by atoms with Gasteiger partial charge in [0.05, 0.1) is 4.92 Å². The minimum absolute atomic E-state index is 0.0339. The van der Waals surface area contributed by atoms with E-state index in [2.05, 4.69) is 4.99 Å². The zero-order chi connectivity index (χ0) is 21.8. The van der Waals surface area contributed by atoms with Crippen molar-refractivity contribution in [3.8, 4) is 11.5 Å². The van der Waals surface area contributed by atoms with Crippen LogP contribution in [0.15, 0.2) is 65.7 Å². The van der Waals surface area contributed by atoms with Crippen LogP contribution in [0.1, 0.15) is 15.9 Å². The highest BCUT2D eigenvalue weighted by molar-refractivity contribution is 6.11. The molecule has 0 bridgehead atoms. The summed E-state index contributed by atoms with van der Waals surface area (Å²) in [5, 5.41) is 10.9. The minimum Gasteiger partial charge on any atom is -0.457 e. The van der Waals surface area contributed by atoms with Crippen molar-refractivity contribution in [1.29, 1.82) is 0 Å². The second kappa shape index (κ2) is 8.35. The Morgan fingerprint density at radius 3 is 2.37 bits per heavy atom. The summed E-state index contributed by atoms with van der Waals surface area (Å²) in [6, 6.07) is 11.9. The number of nitro benzene ring substituents is 1. The highest BCUT2D eigenvalue weighted by atomic mass is 19.1. The number of hydrogen-bond acceptors (Lipinski definition) is 5. The van der Waals surface area contributed by atoms with Gasteiger partial charge in [-0.3, -0.25) is 14.9 Å². The molecular weight excluding hydrogens is 398 g/mol. The first-order valence-electron chi connectivity index (χ1n) is 8.40. The molecule has 0 aliphatic rings.